The smallest absolute Gasteiger partial charge is 0.0739 e. The van der Waals surface area contributed by atoms with Gasteiger partial charge in [-0.2, -0.15) is 0 Å². The van der Waals surface area contributed by atoms with E-state index in [0.717, 1.165) is 5.56 Å². The highest BCUT2D eigenvalue weighted by atomic mass is 32.2. The number of benzene rings is 2. The molecule has 0 aliphatic rings. The van der Waals surface area contributed by atoms with Gasteiger partial charge in [0.2, 0.25) is 0 Å². The van der Waals surface area contributed by atoms with Gasteiger partial charge in [-0.25, -0.2) is 0 Å². The summed E-state index contributed by atoms with van der Waals surface area (Å²) in [4.78, 5) is 1.17. The second kappa shape index (κ2) is 6.24. The molecule has 19 heavy (non-hydrogen) atoms. The summed E-state index contributed by atoms with van der Waals surface area (Å²) in [6.07, 6.45) is 0. The molecule has 0 saturated heterocycles. The van der Waals surface area contributed by atoms with E-state index in [1.165, 1.54) is 10.5 Å². The predicted molar refractivity (Wildman–Crippen MR) is 81.3 cm³/mol. The highest BCUT2D eigenvalue weighted by Gasteiger charge is 2.26. The molecule has 2 aromatic carbocycles. The summed E-state index contributed by atoms with van der Waals surface area (Å²) in [5, 5.41) is 9.62. The Morgan fingerprint density at radius 3 is 2.26 bits per heavy atom. The third-order valence-electron chi connectivity index (χ3n) is 3.15. The Labute approximate surface area is 118 Å². The minimum atomic E-state index is -0.698. The lowest BCUT2D eigenvalue weighted by molar-refractivity contribution is 0.213. The van der Waals surface area contributed by atoms with E-state index < -0.39 is 5.54 Å². The van der Waals surface area contributed by atoms with Crippen molar-refractivity contribution in [1.82, 2.24) is 0 Å². The zero-order valence-electron chi connectivity index (χ0n) is 11.0. The van der Waals surface area contributed by atoms with Crippen LogP contribution in [0.1, 0.15) is 11.1 Å². The number of aliphatic hydroxyl groups is 1. The molecule has 2 nitrogen and oxygen atoms in total. The summed E-state index contributed by atoms with van der Waals surface area (Å²) in [6.45, 7) is 2.01. The van der Waals surface area contributed by atoms with Gasteiger partial charge in [-0.3, -0.25) is 0 Å². The van der Waals surface area contributed by atoms with Gasteiger partial charge >= 0.3 is 0 Å². The van der Waals surface area contributed by atoms with Crippen LogP contribution < -0.4 is 5.73 Å². The fourth-order valence-corrected chi connectivity index (χ4v) is 2.85. The standard InChI is InChI=1S/C16H19NOS/c1-13-7-9-15(10-8-13)19-12-16(17,11-18)14-5-3-2-4-6-14/h2-10,18H,11-12,17H2,1H3. The first-order valence-electron chi connectivity index (χ1n) is 6.29. The van der Waals surface area contributed by atoms with Crippen LogP contribution in [-0.4, -0.2) is 17.5 Å². The molecule has 0 amide bonds. The number of aliphatic hydroxyl groups excluding tert-OH is 1. The summed E-state index contributed by atoms with van der Waals surface area (Å²) < 4.78 is 0. The number of hydrogen-bond acceptors (Lipinski definition) is 3. The van der Waals surface area contributed by atoms with Crippen molar-refractivity contribution in [3.8, 4) is 0 Å². The second-order valence-corrected chi connectivity index (χ2v) is 5.83. The zero-order valence-corrected chi connectivity index (χ0v) is 11.9. The average Bonchev–Trinajstić information content (AvgIpc) is 2.47. The third kappa shape index (κ3) is 3.60. The maximum atomic E-state index is 9.62. The summed E-state index contributed by atoms with van der Waals surface area (Å²) in [5.41, 5.74) is 7.84. The summed E-state index contributed by atoms with van der Waals surface area (Å²) in [7, 11) is 0. The van der Waals surface area contributed by atoms with Gasteiger partial charge in [0, 0.05) is 10.6 Å². The number of aryl methyl sites for hydroxylation is 1. The molecule has 3 heteroatoms. The van der Waals surface area contributed by atoms with Crippen molar-refractivity contribution in [2.45, 2.75) is 17.4 Å². The van der Waals surface area contributed by atoms with Crippen LogP contribution in [0.2, 0.25) is 0 Å². The Kier molecular flexibility index (Phi) is 4.64. The molecule has 1 unspecified atom stereocenters. The zero-order chi connectivity index (χ0) is 13.7. The Hall–Kier alpha value is -1.29. The highest BCUT2D eigenvalue weighted by Crippen LogP contribution is 2.27. The van der Waals surface area contributed by atoms with E-state index in [0.29, 0.717) is 5.75 Å². The van der Waals surface area contributed by atoms with E-state index in [2.05, 4.69) is 31.2 Å². The molecule has 0 spiro atoms. The Morgan fingerprint density at radius 1 is 1.05 bits per heavy atom. The van der Waals surface area contributed by atoms with Crippen molar-refractivity contribution >= 4 is 11.8 Å². The maximum Gasteiger partial charge on any atom is 0.0739 e. The normalized spacial score (nSPS) is 14.1. The van der Waals surface area contributed by atoms with Crippen molar-refractivity contribution in [2.24, 2.45) is 5.73 Å². The second-order valence-electron chi connectivity index (χ2n) is 4.78. The van der Waals surface area contributed by atoms with E-state index in [1.54, 1.807) is 11.8 Å². The number of rotatable bonds is 5. The highest BCUT2D eigenvalue weighted by molar-refractivity contribution is 7.99. The molecular weight excluding hydrogens is 254 g/mol. The topological polar surface area (TPSA) is 46.2 Å². The lowest BCUT2D eigenvalue weighted by atomic mass is 9.94. The average molecular weight is 273 g/mol. The van der Waals surface area contributed by atoms with E-state index in [1.807, 2.05) is 30.3 Å². The monoisotopic (exact) mass is 273 g/mol. The van der Waals surface area contributed by atoms with Crippen LogP contribution in [-0.2, 0) is 5.54 Å². The van der Waals surface area contributed by atoms with Crippen molar-refractivity contribution in [3.05, 3.63) is 65.7 Å². The molecule has 2 aromatic rings. The van der Waals surface area contributed by atoms with Crippen LogP contribution in [0.15, 0.2) is 59.5 Å². The molecule has 0 radical (unpaired) electrons. The molecule has 0 aliphatic carbocycles. The van der Waals surface area contributed by atoms with Gasteiger partial charge in [0.15, 0.2) is 0 Å². The van der Waals surface area contributed by atoms with Crippen LogP contribution in [0, 0.1) is 6.92 Å². The van der Waals surface area contributed by atoms with Crippen molar-refractivity contribution < 1.29 is 5.11 Å². The van der Waals surface area contributed by atoms with Gasteiger partial charge in [-0.1, -0.05) is 48.0 Å². The van der Waals surface area contributed by atoms with E-state index in [4.69, 9.17) is 5.73 Å². The Morgan fingerprint density at radius 2 is 1.68 bits per heavy atom. The lowest BCUT2D eigenvalue weighted by Crippen LogP contribution is -2.43. The number of thioether (sulfide) groups is 1. The minimum absolute atomic E-state index is 0.0596. The van der Waals surface area contributed by atoms with Crippen LogP contribution >= 0.6 is 11.8 Å². The van der Waals surface area contributed by atoms with E-state index >= 15 is 0 Å². The van der Waals surface area contributed by atoms with Gasteiger partial charge in [0.1, 0.15) is 0 Å². The summed E-state index contributed by atoms with van der Waals surface area (Å²) >= 11 is 1.67. The molecule has 0 bridgehead atoms. The first-order chi connectivity index (χ1) is 9.14. The molecule has 1 atom stereocenters. The SMILES string of the molecule is Cc1ccc(SCC(N)(CO)c2ccccc2)cc1. The Bertz CT molecular complexity index is 512. The Balaban J connectivity index is 2.09. The van der Waals surface area contributed by atoms with Crippen molar-refractivity contribution in [2.75, 3.05) is 12.4 Å². The maximum absolute atomic E-state index is 9.62. The summed E-state index contributed by atoms with van der Waals surface area (Å²) in [5.74, 6) is 0.649. The van der Waals surface area contributed by atoms with Gasteiger partial charge in [-0.05, 0) is 24.6 Å². The van der Waals surface area contributed by atoms with Gasteiger partial charge in [-0.15, -0.1) is 11.8 Å². The molecule has 0 fully saturated rings. The van der Waals surface area contributed by atoms with Crippen LogP contribution in [0.3, 0.4) is 0 Å². The molecule has 0 heterocycles. The molecule has 0 aliphatic heterocycles. The minimum Gasteiger partial charge on any atom is -0.394 e. The van der Waals surface area contributed by atoms with Crippen LogP contribution in [0.25, 0.3) is 0 Å². The molecule has 3 N–H and O–H groups in total. The van der Waals surface area contributed by atoms with Crippen LogP contribution in [0.5, 0.6) is 0 Å². The first-order valence-corrected chi connectivity index (χ1v) is 7.27. The molecular formula is C16H19NOS. The van der Waals surface area contributed by atoms with Crippen molar-refractivity contribution in [1.29, 1.82) is 0 Å². The van der Waals surface area contributed by atoms with Gasteiger partial charge in [0.05, 0.1) is 12.1 Å². The fraction of sp³-hybridized carbons (Fsp3) is 0.250. The summed E-state index contributed by atoms with van der Waals surface area (Å²) in [6, 6.07) is 18.1. The number of nitrogens with two attached hydrogens (primary N) is 1. The van der Waals surface area contributed by atoms with Gasteiger partial charge in [0.25, 0.3) is 0 Å². The van der Waals surface area contributed by atoms with Crippen LogP contribution in [0.4, 0.5) is 0 Å². The number of hydrogen-bond donors (Lipinski definition) is 2. The fourth-order valence-electron chi connectivity index (χ4n) is 1.84. The molecule has 100 valence electrons. The quantitative estimate of drug-likeness (QED) is 0.823. The molecule has 2 rings (SSSR count). The molecule has 0 aromatic heterocycles. The molecule has 0 saturated carbocycles. The predicted octanol–water partition coefficient (Wildman–Crippen LogP) is 2.93. The first kappa shape index (κ1) is 14.1. The third-order valence-corrected chi connectivity index (χ3v) is 4.41. The largest absolute Gasteiger partial charge is 0.394 e. The van der Waals surface area contributed by atoms with Crippen molar-refractivity contribution in [3.63, 3.8) is 0 Å². The van der Waals surface area contributed by atoms with E-state index in [-0.39, 0.29) is 6.61 Å². The van der Waals surface area contributed by atoms with E-state index in [9.17, 15) is 5.11 Å². The van der Waals surface area contributed by atoms with Gasteiger partial charge < -0.3 is 10.8 Å². The lowest BCUT2D eigenvalue weighted by Gasteiger charge is -2.27.